The lowest BCUT2D eigenvalue weighted by Gasteiger charge is -2.05. The van der Waals surface area contributed by atoms with E-state index in [9.17, 15) is 4.79 Å². The maximum atomic E-state index is 10.5. The molecule has 0 spiro atoms. The van der Waals surface area contributed by atoms with Gasteiger partial charge in [0.05, 0.1) is 0 Å². The zero-order chi connectivity index (χ0) is 7.11. The van der Waals surface area contributed by atoms with Crippen LogP contribution in [0.4, 0.5) is 0 Å². The van der Waals surface area contributed by atoms with Gasteiger partial charge in [0.1, 0.15) is 12.6 Å². The minimum absolute atomic E-state index is 0.464. The molecule has 0 aliphatic heterocycles. The number of hydrogen-bond donors (Lipinski definition) is 0. The molecule has 2 heteroatoms. The molecule has 0 aromatic rings. The molecule has 52 valence electrons. The summed E-state index contributed by atoms with van der Waals surface area (Å²) < 4.78 is 0. The second-order valence-corrected chi connectivity index (χ2v) is 2.10. The van der Waals surface area contributed by atoms with Crippen molar-refractivity contribution in [3.63, 3.8) is 0 Å². The van der Waals surface area contributed by atoms with Crippen molar-refractivity contribution < 1.29 is 9.59 Å². The van der Waals surface area contributed by atoms with Crippen molar-refractivity contribution in [3.05, 3.63) is 0 Å². The Morgan fingerprint density at radius 2 is 1.44 bits per heavy atom. The maximum absolute atomic E-state index is 10.5. The van der Waals surface area contributed by atoms with E-state index in [0.29, 0.717) is 5.78 Å². The summed E-state index contributed by atoms with van der Waals surface area (Å²) in [6, 6.07) is 0. The van der Waals surface area contributed by atoms with Crippen LogP contribution < -0.4 is 0 Å². The molecule has 9 heavy (non-hydrogen) atoms. The summed E-state index contributed by atoms with van der Waals surface area (Å²) in [7, 11) is 0. The molecule has 1 fully saturated rings. The van der Waals surface area contributed by atoms with Gasteiger partial charge in [0.2, 0.25) is 0 Å². The first-order chi connectivity index (χ1) is 4.39. The smallest absolute Gasteiger partial charge is 0.132 e. The van der Waals surface area contributed by atoms with E-state index in [0.717, 1.165) is 25.7 Å². The number of carbonyl (C=O) groups excluding carboxylic acids is 2. The Labute approximate surface area is 55.3 Å². The Hall–Kier alpha value is -0.660. The fraction of sp³-hybridized carbons (Fsp3) is 0.714. The molecule has 1 saturated carbocycles. The van der Waals surface area contributed by atoms with Crippen LogP contribution in [0.1, 0.15) is 32.1 Å². The van der Waals surface area contributed by atoms with E-state index in [-0.39, 0.29) is 0 Å². The number of hydrogen-bond acceptors (Lipinski definition) is 2. The third-order valence-electron chi connectivity index (χ3n) is 1.41. The molecule has 2 nitrogen and oxygen atoms in total. The van der Waals surface area contributed by atoms with Crippen molar-refractivity contribution >= 4 is 12.6 Å². The average molecular weight is 128 g/mol. The van der Waals surface area contributed by atoms with Gasteiger partial charge < -0.3 is 4.79 Å². The molecule has 0 heterocycles. The Balaban J connectivity index is 0.000000291. The summed E-state index contributed by atoms with van der Waals surface area (Å²) in [5.41, 5.74) is 0. The molecule has 0 aromatic heterocycles. The topological polar surface area (TPSA) is 34.1 Å². The van der Waals surface area contributed by atoms with E-state index in [2.05, 4.69) is 0 Å². The molecular formula is C7H12O2. The van der Waals surface area contributed by atoms with Crippen LogP contribution in [0.15, 0.2) is 0 Å². The van der Waals surface area contributed by atoms with E-state index >= 15 is 0 Å². The number of Topliss-reactive ketones (excluding diaryl/α,β-unsaturated/α-hetero) is 1. The summed E-state index contributed by atoms with van der Waals surface area (Å²) in [6.07, 6.45) is 5.24. The lowest BCUT2D eigenvalue weighted by Crippen LogP contribution is -2.02. The van der Waals surface area contributed by atoms with Crippen molar-refractivity contribution in [1.82, 2.24) is 0 Å². The van der Waals surface area contributed by atoms with Crippen molar-refractivity contribution in [1.29, 1.82) is 0 Å². The minimum Gasteiger partial charge on any atom is -0.307 e. The van der Waals surface area contributed by atoms with E-state index in [1.807, 2.05) is 6.79 Å². The van der Waals surface area contributed by atoms with E-state index in [4.69, 9.17) is 4.79 Å². The number of rotatable bonds is 0. The molecule has 0 unspecified atom stereocenters. The lowest BCUT2D eigenvalue weighted by molar-refractivity contribution is -0.120. The van der Waals surface area contributed by atoms with Crippen LogP contribution in [0.2, 0.25) is 0 Å². The van der Waals surface area contributed by atoms with Gasteiger partial charge in [0, 0.05) is 12.8 Å². The van der Waals surface area contributed by atoms with Crippen LogP contribution in [-0.4, -0.2) is 12.6 Å². The third-order valence-corrected chi connectivity index (χ3v) is 1.41. The van der Waals surface area contributed by atoms with Crippen LogP contribution in [0.5, 0.6) is 0 Å². The summed E-state index contributed by atoms with van der Waals surface area (Å²) in [4.78, 5) is 18.5. The van der Waals surface area contributed by atoms with Crippen molar-refractivity contribution in [2.75, 3.05) is 0 Å². The molecule has 1 aliphatic rings. The summed E-state index contributed by atoms with van der Waals surface area (Å²) in [6.45, 7) is 2.00. The zero-order valence-corrected chi connectivity index (χ0v) is 5.56. The average Bonchev–Trinajstić information content (AvgIpc) is 1.94. The lowest BCUT2D eigenvalue weighted by atomic mass is 10.00. The fourth-order valence-corrected chi connectivity index (χ4v) is 0.946. The zero-order valence-electron chi connectivity index (χ0n) is 5.56. The van der Waals surface area contributed by atoms with Gasteiger partial charge >= 0.3 is 0 Å². The molecule has 0 saturated heterocycles. The molecule has 0 N–H and O–H groups in total. The van der Waals surface area contributed by atoms with Gasteiger partial charge in [-0.1, -0.05) is 6.42 Å². The molecule has 0 bridgehead atoms. The Morgan fingerprint density at radius 1 is 1.00 bits per heavy atom. The quantitative estimate of drug-likeness (QED) is 0.493. The second kappa shape index (κ2) is 5.48. The van der Waals surface area contributed by atoms with Gasteiger partial charge in [0.25, 0.3) is 0 Å². The van der Waals surface area contributed by atoms with Gasteiger partial charge in [-0.2, -0.15) is 0 Å². The van der Waals surface area contributed by atoms with Crippen LogP contribution in [0.3, 0.4) is 0 Å². The monoisotopic (exact) mass is 128 g/mol. The van der Waals surface area contributed by atoms with Gasteiger partial charge in [-0.15, -0.1) is 0 Å². The minimum atomic E-state index is 0.464. The van der Waals surface area contributed by atoms with Crippen molar-refractivity contribution in [2.24, 2.45) is 0 Å². The summed E-state index contributed by atoms with van der Waals surface area (Å²) in [5.74, 6) is 0.464. The largest absolute Gasteiger partial charge is 0.307 e. The maximum Gasteiger partial charge on any atom is 0.132 e. The fourth-order valence-electron chi connectivity index (χ4n) is 0.946. The highest BCUT2D eigenvalue weighted by Gasteiger charge is 2.05. The van der Waals surface area contributed by atoms with Crippen molar-refractivity contribution in [2.45, 2.75) is 32.1 Å². The predicted octanol–water partition coefficient (Wildman–Crippen LogP) is 1.33. The molecule has 0 atom stereocenters. The van der Waals surface area contributed by atoms with Gasteiger partial charge in [-0.25, -0.2) is 0 Å². The molecule has 0 aromatic carbocycles. The van der Waals surface area contributed by atoms with Crippen LogP contribution in [0, 0.1) is 0 Å². The van der Waals surface area contributed by atoms with E-state index in [1.54, 1.807) is 0 Å². The molecule has 1 aliphatic carbocycles. The molecule has 0 amide bonds. The predicted molar refractivity (Wildman–Crippen MR) is 35.2 cm³/mol. The first-order valence-electron chi connectivity index (χ1n) is 3.20. The summed E-state index contributed by atoms with van der Waals surface area (Å²) >= 11 is 0. The van der Waals surface area contributed by atoms with Crippen LogP contribution >= 0.6 is 0 Å². The van der Waals surface area contributed by atoms with Gasteiger partial charge in [0.15, 0.2) is 0 Å². The number of carbonyl (C=O) groups is 2. The van der Waals surface area contributed by atoms with Gasteiger partial charge in [-0.3, -0.25) is 4.79 Å². The summed E-state index contributed by atoms with van der Waals surface area (Å²) in [5, 5.41) is 0. The molecule has 0 radical (unpaired) electrons. The standard InChI is InChI=1S/C6H10O.CH2O/c7-6-4-2-1-3-5-6;1-2/h1-5H2;1H2. The Morgan fingerprint density at radius 3 is 1.67 bits per heavy atom. The molecular weight excluding hydrogens is 116 g/mol. The van der Waals surface area contributed by atoms with Crippen molar-refractivity contribution in [3.8, 4) is 0 Å². The van der Waals surface area contributed by atoms with E-state index < -0.39 is 0 Å². The Bertz CT molecular complexity index is 80.9. The highest BCUT2D eigenvalue weighted by molar-refractivity contribution is 5.78. The van der Waals surface area contributed by atoms with Crippen LogP contribution in [0.25, 0.3) is 0 Å². The second-order valence-electron chi connectivity index (χ2n) is 2.10. The SMILES string of the molecule is C=O.O=C1CCCCC1. The Kier molecular flexibility index (Phi) is 5.07. The first kappa shape index (κ1) is 8.34. The third kappa shape index (κ3) is 3.88. The normalized spacial score (nSPS) is 18.0. The van der Waals surface area contributed by atoms with E-state index in [1.165, 1.54) is 6.42 Å². The highest BCUT2D eigenvalue weighted by atomic mass is 16.1. The van der Waals surface area contributed by atoms with Crippen LogP contribution in [-0.2, 0) is 9.59 Å². The first-order valence-corrected chi connectivity index (χ1v) is 3.20. The molecule has 1 rings (SSSR count). The number of ketones is 1. The highest BCUT2D eigenvalue weighted by Crippen LogP contribution is 2.12. The van der Waals surface area contributed by atoms with Gasteiger partial charge in [-0.05, 0) is 12.8 Å².